The molecule has 0 amide bonds. The molecule has 2 aromatic carbocycles. The Labute approximate surface area is 213 Å². The summed E-state index contributed by atoms with van der Waals surface area (Å²) in [5.74, 6) is 0.855. The van der Waals surface area contributed by atoms with Crippen molar-refractivity contribution in [3.05, 3.63) is 83.9 Å². The molecule has 0 saturated heterocycles. The first-order valence-corrected chi connectivity index (χ1v) is 12.6. The van der Waals surface area contributed by atoms with Crippen molar-refractivity contribution in [2.24, 2.45) is 5.92 Å². The molecule has 0 unspecified atom stereocenters. The zero-order chi connectivity index (χ0) is 24.6. The summed E-state index contributed by atoms with van der Waals surface area (Å²) in [6, 6.07) is 20.6. The third-order valence-electron chi connectivity index (χ3n) is 7.21. The Hall–Kier alpha value is -3.77. The Kier molecular flexibility index (Phi) is 5.89. The van der Waals surface area contributed by atoms with Crippen molar-refractivity contribution in [3.8, 4) is 22.6 Å². The van der Waals surface area contributed by atoms with E-state index in [0.29, 0.717) is 5.15 Å². The van der Waals surface area contributed by atoms with Gasteiger partial charge in [0, 0.05) is 34.8 Å². The summed E-state index contributed by atoms with van der Waals surface area (Å²) in [6.45, 7) is 0. The fourth-order valence-electron chi connectivity index (χ4n) is 5.31. The molecule has 1 fully saturated rings. The van der Waals surface area contributed by atoms with E-state index in [2.05, 4.69) is 47.4 Å². The molecule has 3 aromatic heterocycles. The number of benzene rings is 2. The number of fused-ring (bicyclic) bond motifs is 2. The topological polar surface area (TPSA) is 69.4 Å². The number of carbonyl (C=O) groups is 1. The molecular weight excluding hydrogens is 472 g/mol. The third kappa shape index (κ3) is 4.01. The van der Waals surface area contributed by atoms with Gasteiger partial charge in [0.15, 0.2) is 5.15 Å². The lowest BCUT2D eigenvalue weighted by atomic mass is 9.80. The van der Waals surface area contributed by atoms with Crippen molar-refractivity contribution in [1.29, 1.82) is 0 Å². The summed E-state index contributed by atoms with van der Waals surface area (Å²) in [4.78, 5) is 26.4. The lowest BCUT2D eigenvalue weighted by Gasteiger charge is -2.26. The third-order valence-corrected chi connectivity index (χ3v) is 7.48. The van der Waals surface area contributed by atoms with Gasteiger partial charge in [-0.25, -0.2) is 15.0 Å². The van der Waals surface area contributed by atoms with E-state index >= 15 is 0 Å². The Bertz CT molecular complexity index is 1570. The number of esters is 1. The molecule has 6 rings (SSSR count). The molecule has 0 bridgehead atoms. The second-order valence-corrected chi connectivity index (χ2v) is 9.66. The molecular formula is C29H25ClN4O2. The lowest BCUT2D eigenvalue weighted by Crippen LogP contribution is -2.22. The molecule has 7 heteroatoms. The van der Waals surface area contributed by atoms with Gasteiger partial charge >= 0.3 is 5.97 Å². The van der Waals surface area contributed by atoms with Gasteiger partial charge < -0.3 is 4.74 Å². The van der Waals surface area contributed by atoms with E-state index in [1.54, 1.807) is 6.20 Å². The number of hydrogen-bond donors (Lipinski definition) is 0. The van der Waals surface area contributed by atoms with Crippen LogP contribution < -0.4 is 0 Å². The highest BCUT2D eigenvalue weighted by Gasteiger charge is 2.31. The van der Waals surface area contributed by atoms with Gasteiger partial charge in [0.05, 0.1) is 29.9 Å². The van der Waals surface area contributed by atoms with Crippen LogP contribution in [0.3, 0.4) is 0 Å². The molecule has 0 aliphatic heterocycles. The van der Waals surface area contributed by atoms with Crippen LogP contribution in [0.1, 0.15) is 37.3 Å². The zero-order valence-electron chi connectivity index (χ0n) is 19.9. The number of ether oxygens (including phenoxy) is 1. The highest BCUT2D eigenvalue weighted by Crippen LogP contribution is 2.40. The lowest BCUT2D eigenvalue weighted by molar-refractivity contribution is -0.146. The number of aromatic nitrogens is 4. The normalized spacial score (nSPS) is 17.9. The molecule has 180 valence electrons. The van der Waals surface area contributed by atoms with Crippen molar-refractivity contribution >= 4 is 34.0 Å². The summed E-state index contributed by atoms with van der Waals surface area (Å²) in [7, 11) is 1.45. The maximum Gasteiger partial charge on any atom is 0.308 e. The van der Waals surface area contributed by atoms with Crippen LogP contribution in [0.5, 0.6) is 0 Å². The number of pyridine rings is 1. The molecule has 36 heavy (non-hydrogen) atoms. The smallest absolute Gasteiger partial charge is 0.308 e. The van der Waals surface area contributed by atoms with Crippen molar-refractivity contribution in [3.63, 3.8) is 0 Å². The summed E-state index contributed by atoms with van der Waals surface area (Å²) >= 11 is 6.61. The van der Waals surface area contributed by atoms with Crippen molar-refractivity contribution in [2.75, 3.05) is 7.11 Å². The molecule has 1 saturated carbocycles. The Morgan fingerprint density at radius 2 is 1.75 bits per heavy atom. The summed E-state index contributed by atoms with van der Waals surface area (Å²) in [5.41, 5.74) is 5.67. The van der Waals surface area contributed by atoms with Crippen LogP contribution in [0, 0.1) is 5.92 Å². The standard InChI is InChI=1S/C29H25ClN4O2/c1-36-29(35)21-10-8-20(9-11-21)25-26-27(30)31-15-16-34(26)28(33-25)22-12-7-19-13-14-23(32-24(19)17-22)18-5-3-2-4-6-18/h2-7,12-17,20-21H,8-11H2,1H3. The van der Waals surface area contributed by atoms with Crippen LogP contribution in [0.4, 0.5) is 0 Å². The van der Waals surface area contributed by atoms with E-state index in [0.717, 1.165) is 70.4 Å². The molecule has 0 atom stereocenters. The van der Waals surface area contributed by atoms with Gasteiger partial charge in [0.2, 0.25) is 0 Å². The van der Waals surface area contributed by atoms with Gasteiger partial charge in [0.25, 0.3) is 0 Å². The maximum atomic E-state index is 12.0. The zero-order valence-corrected chi connectivity index (χ0v) is 20.7. The quantitative estimate of drug-likeness (QED) is 0.258. The first-order chi connectivity index (χ1) is 17.6. The van der Waals surface area contributed by atoms with Gasteiger partial charge in [-0.3, -0.25) is 9.20 Å². The van der Waals surface area contributed by atoms with Gasteiger partial charge in [-0.1, -0.05) is 60.1 Å². The predicted octanol–water partition coefficient (Wildman–Crippen LogP) is 6.71. The second-order valence-electron chi connectivity index (χ2n) is 9.30. The Morgan fingerprint density at radius 1 is 0.972 bits per heavy atom. The van der Waals surface area contributed by atoms with Gasteiger partial charge in [0.1, 0.15) is 11.3 Å². The van der Waals surface area contributed by atoms with E-state index in [1.165, 1.54) is 7.11 Å². The van der Waals surface area contributed by atoms with Crippen LogP contribution in [0.15, 0.2) is 73.1 Å². The predicted molar refractivity (Wildman–Crippen MR) is 141 cm³/mol. The average Bonchev–Trinajstić information content (AvgIpc) is 3.33. The van der Waals surface area contributed by atoms with E-state index in [4.69, 9.17) is 26.3 Å². The summed E-state index contributed by atoms with van der Waals surface area (Å²) < 4.78 is 6.99. The van der Waals surface area contributed by atoms with Crippen LogP contribution in [-0.2, 0) is 9.53 Å². The SMILES string of the molecule is COC(=O)C1CCC(c2nc(-c3ccc4ccc(-c5ccccc5)nc4c3)n3ccnc(Cl)c23)CC1. The van der Waals surface area contributed by atoms with Crippen LogP contribution in [-0.4, -0.2) is 32.4 Å². The molecule has 5 aromatic rings. The van der Waals surface area contributed by atoms with Crippen LogP contribution >= 0.6 is 11.6 Å². The molecule has 1 aliphatic rings. The maximum absolute atomic E-state index is 12.0. The van der Waals surface area contributed by atoms with Crippen LogP contribution in [0.25, 0.3) is 39.1 Å². The number of halogens is 1. The van der Waals surface area contributed by atoms with Crippen molar-refractivity contribution in [2.45, 2.75) is 31.6 Å². The van der Waals surface area contributed by atoms with E-state index < -0.39 is 0 Å². The first-order valence-electron chi connectivity index (χ1n) is 12.2. The number of imidazole rings is 1. The van der Waals surface area contributed by atoms with E-state index in [1.807, 2.05) is 28.8 Å². The van der Waals surface area contributed by atoms with Gasteiger partial charge in [-0.05, 0) is 37.8 Å². The molecule has 1 aliphatic carbocycles. The molecule has 6 nitrogen and oxygen atoms in total. The molecule has 3 heterocycles. The minimum Gasteiger partial charge on any atom is -0.469 e. The first kappa shape index (κ1) is 22.7. The van der Waals surface area contributed by atoms with E-state index in [-0.39, 0.29) is 17.8 Å². The van der Waals surface area contributed by atoms with Gasteiger partial charge in [-0.2, -0.15) is 0 Å². The fourth-order valence-corrected chi connectivity index (χ4v) is 5.55. The number of hydrogen-bond acceptors (Lipinski definition) is 5. The molecule has 0 N–H and O–H groups in total. The fraction of sp³-hybridized carbons (Fsp3) is 0.241. The minimum atomic E-state index is -0.123. The highest BCUT2D eigenvalue weighted by molar-refractivity contribution is 6.32. The van der Waals surface area contributed by atoms with Crippen molar-refractivity contribution in [1.82, 2.24) is 19.4 Å². The number of nitrogens with zero attached hydrogens (tertiary/aromatic N) is 4. The number of methoxy groups -OCH3 is 1. The second kappa shape index (κ2) is 9.36. The minimum absolute atomic E-state index is 0.0430. The average molecular weight is 497 g/mol. The number of carbonyl (C=O) groups excluding carboxylic acids is 1. The van der Waals surface area contributed by atoms with Crippen LogP contribution in [0.2, 0.25) is 5.15 Å². The largest absolute Gasteiger partial charge is 0.469 e. The van der Waals surface area contributed by atoms with E-state index in [9.17, 15) is 4.79 Å². The number of rotatable bonds is 4. The molecule has 0 spiro atoms. The van der Waals surface area contributed by atoms with Gasteiger partial charge in [-0.15, -0.1) is 0 Å². The summed E-state index contributed by atoms with van der Waals surface area (Å²) in [5, 5.41) is 1.51. The Morgan fingerprint density at radius 3 is 2.53 bits per heavy atom. The Balaban J connectivity index is 1.42. The monoisotopic (exact) mass is 496 g/mol. The molecule has 0 radical (unpaired) electrons. The summed E-state index contributed by atoms with van der Waals surface area (Å²) in [6.07, 6.45) is 6.89. The van der Waals surface area contributed by atoms with Crippen molar-refractivity contribution < 1.29 is 9.53 Å². The highest BCUT2D eigenvalue weighted by atomic mass is 35.5.